The molecular formula is C17H18O. The van der Waals surface area contributed by atoms with Crippen LogP contribution in [0.3, 0.4) is 0 Å². The van der Waals surface area contributed by atoms with Gasteiger partial charge < -0.3 is 4.74 Å². The zero-order valence-corrected chi connectivity index (χ0v) is 10.7. The molecule has 0 fully saturated rings. The van der Waals surface area contributed by atoms with Gasteiger partial charge in [0, 0.05) is 6.42 Å². The van der Waals surface area contributed by atoms with Crippen LogP contribution in [0.5, 0.6) is 5.75 Å². The van der Waals surface area contributed by atoms with E-state index in [1.54, 1.807) is 0 Å². The highest BCUT2D eigenvalue weighted by Crippen LogP contribution is 2.14. The Balaban J connectivity index is 1.88. The molecule has 92 valence electrons. The third-order valence-corrected chi connectivity index (χ3v) is 2.72. The van der Waals surface area contributed by atoms with Gasteiger partial charge in [0.15, 0.2) is 0 Å². The summed E-state index contributed by atoms with van der Waals surface area (Å²) >= 11 is 0. The van der Waals surface area contributed by atoms with Crippen LogP contribution in [0.1, 0.15) is 18.1 Å². The second kappa shape index (κ2) is 6.65. The zero-order chi connectivity index (χ0) is 12.6. The van der Waals surface area contributed by atoms with Crippen molar-refractivity contribution in [3.8, 4) is 5.75 Å². The quantitative estimate of drug-likeness (QED) is 0.753. The van der Waals surface area contributed by atoms with Crippen LogP contribution in [-0.2, 0) is 6.42 Å². The fourth-order valence-electron chi connectivity index (χ4n) is 1.83. The topological polar surface area (TPSA) is 9.23 Å². The number of benzene rings is 2. The minimum absolute atomic E-state index is 0.712. The molecule has 0 saturated carbocycles. The van der Waals surface area contributed by atoms with E-state index in [-0.39, 0.29) is 0 Å². The van der Waals surface area contributed by atoms with Gasteiger partial charge in [0.25, 0.3) is 0 Å². The molecule has 0 aliphatic rings. The van der Waals surface area contributed by atoms with E-state index in [2.05, 4.69) is 42.5 Å². The van der Waals surface area contributed by atoms with Crippen molar-refractivity contribution in [3.63, 3.8) is 0 Å². The fourth-order valence-corrected chi connectivity index (χ4v) is 1.83. The molecule has 0 atom stereocenters. The van der Waals surface area contributed by atoms with Crippen molar-refractivity contribution in [2.24, 2.45) is 0 Å². The number of hydrogen-bond donors (Lipinski definition) is 0. The molecule has 0 bridgehead atoms. The lowest BCUT2D eigenvalue weighted by Gasteiger charge is -2.07. The predicted octanol–water partition coefficient (Wildman–Crippen LogP) is 4.34. The van der Waals surface area contributed by atoms with Crippen LogP contribution in [-0.4, -0.2) is 6.61 Å². The van der Waals surface area contributed by atoms with Gasteiger partial charge in [-0.05, 0) is 30.2 Å². The van der Waals surface area contributed by atoms with Gasteiger partial charge in [-0.3, -0.25) is 0 Å². The normalized spacial score (nSPS) is 10.7. The van der Waals surface area contributed by atoms with Gasteiger partial charge in [-0.15, -0.1) is 0 Å². The smallest absolute Gasteiger partial charge is 0.119 e. The Labute approximate surface area is 109 Å². The molecule has 0 heterocycles. The summed E-state index contributed by atoms with van der Waals surface area (Å²) in [5.41, 5.74) is 2.48. The zero-order valence-electron chi connectivity index (χ0n) is 10.7. The van der Waals surface area contributed by atoms with E-state index in [1.807, 2.05) is 31.2 Å². The Hall–Kier alpha value is -2.02. The van der Waals surface area contributed by atoms with Crippen molar-refractivity contribution in [2.45, 2.75) is 13.3 Å². The first-order valence-corrected chi connectivity index (χ1v) is 6.28. The lowest BCUT2D eigenvalue weighted by molar-refractivity contribution is 0.322. The Morgan fingerprint density at radius 3 is 2.61 bits per heavy atom. The van der Waals surface area contributed by atoms with Crippen molar-refractivity contribution in [2.75, 3.05) is 6.61 Å². The predicted molar refractivity (Wildman–Crippen MR) is 76.8 cm³/mol. The van der Waals surface area contributed by atoms with Crippen LogP contribution in [0.4, 0.5) is 0 Å². The van der Waals surface area contributed by atoms with Crippen LogP contribution < -0.4 is 4.74 Å². The monoisotopic (exact) mass is 238 g/mol. The van der Waals surface area contributed by atoms with E-state index in [0.29, 0.717) is 6.61 Å². The highest BCUT2D eigenvalue weighted by atomic mass is 16.5. The van der Waals surface area contributed by atoms with Gasteiger partial charge in [-0.2, -0.15) is 0 Å². The summed E-state index contributed by atoms with van der Waals surface area (Å²) in [7, 11) is 0. The van der Waals surface area contributed by atoms with E-state index in [9.17, 15) is 0 Å². The SMILES string of the molecule is CC=Cc1cccc(OCCc2ccccc2)c1. The molecule has 0 aliphatic carbocycles. The number of hydrogen-bond acceptors (Lipinski definition) is 1. The van der Waals surface area contributed by atoms with E-state index in [0.717, 1.165) is 12.2 Å². The number of ether oxygens (including phenoxy) is 1. The summed E-state index contributed by atoms with van der Waals surface area (Å²) in [6.45, 7) is 2.73. The average molecular weight is 238 g/mol. The van der Waals surface area contributed by atoms with Crippen LogP contribution in [0.15, 0.2) is 60.7 Å². The molecule has 2 aromatic rings. The summed E-state index contributed by atoms with van der Waals surface area (Å²) < 4.78 is 5.76. The second-order valence-corrected chi connectivity index (χ2v) is 4.16. The maximum atomic E-state index is 5.76. The molecule has 0 radical (unpaired) electrons. The lowest BCUT2D eigenvalue weighted by atomic mass is 10.2. The van der Waals surface area contributed by atoms with E-state index >= 15 is 0 Å². The van der Waals surface area contributed by atoms with Gasteiger partial charge in [-0.1, -0.05) is 54.6 Å². The van der Waals surface area contributed by atoms with Crippen molar-refractivity contribution >= 4 is 6.08 Å². The largest absolute Gasteiger partial charge is 0.493 e. The molecule has 0 N–H and O–H groups in total. The van der Waals surface area contributed by atoms with Gasteiger partial charge in [0.2, 0.25) is 0 Å². The second-order valence-electron chi connectivity index (χ2n) is 4.16. The highest BCUT2D eigenvalue weighted by molar-refractivity contribution is 5.51. The lowest BCUT2D eigenvalue weighted by Crippen LogP contribution is -2.01. The van der Waals surface area contributed by atoms with E-state index in [1.165, 1.54) is 11.1 Å². The Morgan fingerprint density at radius 2 is 1.83 bits per heavy atom. The minimum atomic E-state index is 0.712. The van der Waals surface area contributed by atoms with Crippen LogP contribution in [0.25, 0.3) is 6.08 Å². The van der Waals surface area contributed by atoms with Crippen LogP contribution in [0, 0.1) is 0 Å². The van der Waals surface area contributed by atoms with E-state index < -0.39 is 0 Å². The maximum Gasteiger partial charge on any atom is 0.119 e. The molecule has 0 saturated heterocycles. The van der Waals surface area contributed by atoms with Crippen molar-refractivity contribution in [3.05, 3.63) is 71.8 Å². The molecular weight excluding hydrogens is 220 g/mol. The fraction of sp³-hybridized carbons (Fsp3) is 0.176. The van der Waals surface area contributed by atoms with Gasteiger partial charge in [0.1, 0.15) is 5.75 Å². The summed E-state index contributed by atoms with van der Waals surface area (Å²) in [6, 6.07) is 18.5. The average Bonchev–Trinajstić information content (AvgIpc) is 2.41. The summed E-state index contributed by atoms with van der Waals surface area (Å²) in [4.78, 5) is 0. The van der Waals surface area contributed by atoms with Gasteiger partial charge in [-0.25, -0.2) is 0 Å². The van der Waals surface area contributed by atoms with E-state index in [4.69, 9.17) is 4.74 Å². The molecule has 0 spiro atoms. The number of allylic oxidation sites excluding steroid dienone is 1. The van der Waals surface area contributed by atoms with Crippen molar-refractivity contribution in [1.82, 2.24) is 0 Å². The van der Waals surface area contributed by atoms with Gasteiger partial charge in [0.05, 0.1) is 6.61 Å². The maximum absolute atomic E-state index is 5.76. The molecule has 0 unspecified atom stereocenters. The minimum Gasteiger partial charge on any atom is -0.493 e. The highest BCUT2D eigenvalue weighted by Gasteiger charge is 1.96. The third kappa shape index (κ3) is 3.77. The van der Waals surface area contributed by atoms with Crippen molar-refractivity contribution < 1.29 is 4.74 Å². The first-order valence-electron chi connectivity index (χ1n) is 6.28. The first kappa shape index (κ1) is 12.4. The summed E-state index contributed by atoms with van der Waals surface area (Å²) in [5.74, 6) is 0.932. The molecule has 18 heavy (non-hydrogen) atoms. The molecule has 0 aromatic heterocycles. The molecule has 0 amide bonds. The van der Waals surface area contributed by atoms with Crippen LogP contribution >= 0.6 is 0 Å². The first-order chi connectivity index (χ1) is 8.88. The Bertz CT molecular complexity index is 500. The molecule has 1 heteroatoms. The van der Waals surface area contributed by atoms with Crippen molar-refractivity contribution in [1.29, 1.82) is 0 Å². The third-order valence-electron chi connectivity index (χ3n) is 2.72. The molecule has 1 nitrogen and oxygen atoms in total. The Morgan fingerprint density at radius 1 is 1.00 bits per heavy atom. The molecule has 2 aromatic carbocycles. The standard InChI is InChI=1S/C17H18O/c1-2-7-16-10-6-11-17(14-16)18-13-12-15-8-4-3-5-9-15/h2-11,14H,12-13H2,1H3. The molecule has 2 rings (SSSR count). The molecule has 0 aliphatic heterocycles. The Kier molecular flexibility index (Phi) is 4.60. The summed E-state index contributed by atoms with van der Waals surface area (Å²) in [5, 5.41) is 0. The summed E-state index contributed by atoms with van der Waals surface area (Å²) in [6.07, 6.45) is 5.04. The van der Waals surface area contributed by atoms with Gasteiger partial charge >= 0.3 is 0 Å². The van der Waals surface area contributed by atoms with Crippen LogP contribution in [0.2, 0.25) is 0 Å². The number of rotatable bonds is 5.